The quantitative estimate of drug-likeness (QED) is 0.663. The van der Waals surface area contributed by atoms with E-state index in [2.05, 4.69) is 35.4 Å². The zero-order valence-electron chi connectivity index (χ0n) is 14.7. The number of aromatic amines is 1. The second kappa shape index (κ2) is 6.45. The molecule has 0 fully saturated rings. The third-order valence-electron chi connectivity index (χ3n) is 5.17. The van der Waals surface area contributed by atoms with E-state index in [1.807, 2.05) is 6.07 Å². The summed E-state index contributed by atoms with van der Waals surface area (Å²) in [6.45, 7) is 2.86. The Morgan fingerprint density at radius 3 is 2.96 bits per heavy atom. The molecule has 1 aliphatic carbocycles. The molecular formula is C21H24N2O2. The van der Waals surface area contributed by atoms with Crippen molar-refractivity contribution in [1.29, 1.82) is 0 Å². The lowest BCUT2D eigenvalue weighted by Gasteiger charge is -2.24. The molecule has 4 rings (SSSR count). The van der Waals surface area contributed by atoms with E-state index in [0.29, 0.717) is 12.6 Å². The first kappa shape index (κ1) is 16.0. The predicted octanol–water partition coefficient (Wildman–Crippen LogP) is 4.36. The minimum atomic E-state index is 0.228. The highest BCUT2D eigenvalue weighted by atomic mass is 16.5. The number of aromatic nitrogens is 1. The zero-order chi connectivity index (χ0) is 17.4. The Morgan fingerprint density at radius 2 is 2.12 bits per heavy atom. The third-order valence-corrected chi connectivity index (χ3v) is 5.17. The molecule has 0 aliphatic heterocycles. The lowest BCUT2D eigenvalue weighted by atomic mass is 9.91. The molecule has 4 heteroatoms. The van der Waals surface area contributed by atoms with Crippen LogP contribution in [0.4, 0.5) is 0 Å². The highest BCUT2D eigenvalue weighted by Crippen LogP contribution is 2.35. The smallest absolute Gasteiger partial charge is 0.127 e. The van der Waals surface area contributed by atoms with Gasteiger partial charge in [0.1, 0.15) is 11.5 Å². The van der Waals surface area contributed by atoms with Gasteiger partial charge in [0, 0.05) is 40.8 Å². The van der Waals surface area contributed by atoms with Crippen molar-refractivity contribution in [3.05, 3.63) is 58.8 Å². The predicted molar refractivity (Wildman–Crippen MR) is 100 cm³/mol. The number of ether oxygens (including phenoxy) is 1. The number of aromatic hydroxyl groups is 1. The van der Waals surface area contributed by atoms with Gasteiger partial charge in [-0.2, -0.15) is 0 Å². The highest BCUT2D eigenvalue weighted by molar-refractivity contribution is 5.85. The number of methoxy groups -OCH3 is 1. The van der Waals surface area contributed by atoms with Gasteiger partial charge < -0.3 is 20.1 Å². The molecule has 25 heavy (non-hydrogen) atoms. The summed E-state index contributed by atoms with van der Waals surface area (Å²) in [5, 5.41) is 14.6. The van der Waals surface area contributed by atoms with Gasteiger partial charge >= 0.3 is 0 Å². The highest BCUT2D eigenvalue weighted by Gasteiger charge is 2.24. The van der Waals surface area contributed by atoms with Crippen LogP contribution in [-0.4, -0.2) is 17.2 Å². The fourth-order valence-corrected chi connectivity index (χ4v) is 3.89. The summed E-state index contributed by atoms with van der Waals surface area (Å²) in [7, 11) is 1.64. The normalized spacial score (nSPS) is 16.8. The van der Waals surface area contributed by atoms with Gasteiger partial charge in [-0.25, -0.2) is 0 Å². The SMILES string of the molecule is COc1cc(O)ccc1CNC1CCCc2c1[nH]c1ccc(C)cc21. The average Bonchev–Trinajstić information content (AvgIpc) is 2.99. The number of benzene rings is 2. The molecule has 0 radical (unpaired) electrons. The fourth-order valence-electron chi connectivity index (χ4n) is 3.89. The van der Waals surface area contributed by atoms with Crippen molar-refractivity contribution in [1.82, 2.24) is 10.3 Å². The second-order valence-electron chi connectivity index (χ2n) is 6.89. The molecule has 1 atom stereocenters. The number of rotatable bonds is 4. The van der Waals surface area contributed by atoms with Crippen LogP contribution in [0.5, 0.6) is 11.5 Å². The van der Waals surface area contributed by atoms with Crippen LogP contribution in [0.3, 0.4) is 0 Å². The van der Waals surface area contributed by atoms with E-state index < -0.39 is 0 Å². The minimum absolute atomic E-state index is 0.228. The van der Waals surface area contributed by atoms with Crippen molar-refractivity contribution in [2.24, 2.45) is 0 Å². The van der Waals surface area contributed by atoms with Gasteiger partial charge in [-0.1, -0.05) is 17.7 Å². The molecule has 0 saturated carbocycles. The lowest BCUT2D eigenvalue weighted by molar-refractivity contribution is 0.394. The van der Waals surface area contributed by atoms with Gasteiger partial charge in [0.25, 0.3) is 0 Å². The summed E-state index contributed by atoms with van der Waals surface area (Å²) in [5.74, 6) is 0.947. The van der Waals surface area contributed by atoms with Crippen LogP contribution in [0.25, 0.3) is 10.9 Å². The summed E-state index contributed by atoms with van der Waals surface area (Å²) in [5.41, 5.74) is 6.37. The molecule has 3 N–H and O–H groups in total. The zero-order valence-corrected chi connectivity index (χ0v) is 14.7. The Kier molecular flexibility index (Phi) is 4.14. The van der Waals surface area contributed by atoms with Crippen molar-refractivity contribution in [3.8, 4) is 11.5 Å². The van der Waals surface area contributed by atoms with Crippen molar-refractivity contribution < 1.29 is 9.84 Å². The maximum absolute atomic E-state index is 9.61. The first-order valence-corrected chi connectivity index (χ1v) is 8.86. The van der Waals surface area contributed by atoms with Gasteiger partial charge in [0.05, 0.1) is 7.11 Å². The Morgan fingerprint density at radius 1 is 1.24 bits per heavy atom. The van der Waals surface area contributed by atoms with Gasteiger partial charge in [0.15, 0.2) is 0 Å². The molecule has 0 spiro atoms. The number of hydrogen-bond acceptors (Lipinski definition) is 3. The van der Waals surface area contributed by atoms with E-state index in [9.17, 15) is 5.11 Å². The number of nitrogens with one attached hydrogen (secondary N) is 2. The molecule has 0 amide bonds. The van der Waals surface area contributed by atoms with Crippen LogP contribution in [0.2, 0.25) is 0 Å². The van der Waals surface area contributed by atoms with Crippen LogP contribution in [-0.2, 0) is 13.0 Å². The molecule has 0 bridgehead atoms. The largest absolute Gasteiger partial charge is 0.508 e. The molecule has 1 aliphatic rings. The number of hydrogen-bond donors (Lipinski definition) is 3. The van der Waals surface area contributed by atoms with E-state index in [-0.39, 0.29) is 5.75 Å². The van der Waals surface area contributed by atoms with Gasteiger partial charge in [-0.05, 0) is 49.9 Å². The Bertz CT molecular complexity index is 914. The van der Waals surface area contributed by atoms with Gasteiger partial charge in [0.2, 0.25) is 0 Å². The minimum Gasteiger partial charge on any atom is -0.508 e. The monoisotopic (exact) mass is 336 g/mol. The van der Waals surface area contributed by atoms with E-state index in [1.54, 1.807) is 19.2 Å². The van der Waals surface area contributed by atoms with E-state index in [0.717, 1.165) is 24.2 Å². The second-order valence-corrected chi connectivity index (χ2v) is 6.89. The van der Waals surface area contributed by atoms with Gasteiger partial charge in [-0.15, -0.1) is 0 Å². The lowest BCUT2D eigenvalue weighted by Crippen LogP contribution is -2.25. The van der Waals surface area contributed by atoms with Crippen molar-refractivity contribution in [2.45, 2.75) is 38.8 Å². The number of phenols is 1. The van der Waals surface area contributed by atoms with Crippen molar-refractivity contribution in [2.75, 3.05) is 7.11 Å². The summed E-state index contributed by atoms with van der Waals surface area (Å²) in [4.78, 5) is 3.63. The number of fused-ring (bicyclic) bond motifs is 3. The van der Waals surface area contributed by atoms with Crippen molar-refractivity contribution >= 4 is 10.9 Å². The number of phenolic OH excluding ortho intramolecular Hbond substituents is 1. The molecule has 130 valence electrons. The number of H-pyrrole nitrogens is 1. The molecule has 0 saturated heterocycles. The number of aryl methyl sites for hydroxylation is 2. The molecule has 3 aromatic rings. The standard InChI is InChI=1S/C21H24N2O2/c1-13-6-9-18-17(10-13)16-4-3-5-19(21(16)23-18)22-12-14-7-8-15(24)11-20(14)25-2/h6-11,19,22-24H,3-5,12H2,1-2H3. The maximum Gasteiger partial charge on any atom is 0.127 e. The molecule has 4 nitrogen and oxygen atoms in total. The topological polar surface area (TPSA) is 57.3 Å². The molecule has 1 unspecified atom stereocenters. The Labute approximate surface area is 147 Å². The fraction of sp³-hybridized carbons (Fsp3) is 0.333. The van der Waals surface area contributed by atoms with Crippen LogP contribution in [0, 0.1) is 6.92 Å². The van der Waals surface area contributed by atoms with Crippen LogP contribution >= 0.6 is 0 Å². The van der Waals surface area contributed by atoms with E-state index >= 15 is 0 Å². The Hall–Kier alpha value is -2.46. The molecule has 1 heterocycles. The van der Waals surface area contributed by atoms with Crippen molar-refractivity contribution in [3.63, 3.8) is 0 Å². The average molecular weight is 336 g/mol. The molecular weight excluding hydrogens is 312 g/mol. The third kappa shape index (κ3) is 2.98. The van der Waals surface area contributed by atoms with Crippen LogP contribution in [0.15, 0.2) is 36.4 Å². The summed E-state index contributed by atoms with van der Waals surface area (Å²) < 4.78 is 5.39. The van der Waals surface area contributed by atoms with Crippen LogP contribution < -0.4 is 10.1 Å². The van der Waals surface area contributed by atoms with Gasteiger partial charge in [-0.3, -0.25) is 0 Å². The summed E-state index contributed by atoms with van der Waals surface area (Å²) in [6, 6.07) is 12.2. The van der Waals surface area contributed by atoms with E-state index in [4.69, 9.17) is 4.74 Å². The Balaban J connectivity index is 1.60. The summed E-state index contributed by atoms with van der Waals surface area (Å²) >= 11 is 0. The molecule has 2 aromatic carbocycles. The summed E-state index contributed by atoms with van der Waals surface area (Å²) in [6.07, 6.45) is 3.46. The molecule has 1 aromatic heterocycles. The maximum atomic E-state index is 9.61. The van der Waals surface area contributed by atoms with E-state index in [1.165, 1.54) is 34.1 Å². The van der Waals surface area contributed by atoms with Crippen LogP contribution in [0.1, 0.15) is 41.3 Å². The first-order valence-electron chi connectivity index (χ1n) is 8.86. The first-order chi connectivity index (χ1) is 12.2.